The zero-order chi connectivity index (χ0) is 23.6. The van der Waals surface area contributed by atoms with Gasteiger partial charge in [0.2, 0.25) is 0 Å². The Morgan fingerprint density at radius 1 is 1.12 bits per heavy atom. The normalized spacial score (nSPS) is 16.5. The summed E-state index contributed by atoms with van der Waals surface area (Å²) in [5.41, 5.74) is 1.29. The number of piperazine rings is 1. The Hall–Kier alpha value is -2.25. The first kappa shape index (κ1) is 23.9. The van der Waals surface area contributed by atoms with Crippen molar-refractivity contribution < 1.29 is 13.5 Å². The topological polar surface area (TPSA) is 119 Å². The molecule has 1 saturated heterocycles. The molecule has 33 heavy (non-hydrogen) atoms. The quantitative estimate of drug-likeness (QED) is 0.380. The number of thiophene rings is 1. The molecule has 0 amide bonds. The van der Waals surface area contributed by atoms with E-state index in [9.17, 15) is 13.5 Å². The van der Waals surface area contributed by atoms with Crippen LogP contribution in [-0.4, -0.2) is 52.8 Å². The number of benzene rings is 1. The molecule has 4 rings (SSSR count). The Kier molecular flexibility index (Phi) is 6.91. The summed E-state index contributed by atoms with van der Waals surface area (Å²) in [6, 6.07) is 10.1. The third-order valence-electron chi connectivity index (χ3n) is 5.40. The lowest BCUT2D eigenvalue weighted by molar-refractivity contribution is 0.347. The van der Waals surface area contributed by atoms with E-state index in [-0.39, 0.29) is 27.1 Å². The second-order valence-corrected chi connectivity index (χ2v) is 12.4. The van der Waals surface area contributed by atoms with Crippen LogP contribution in [0, 0.1) is 5.41 Å². The summed E-state index contributed by atoms with van der Waals surface area (Å²) in [5, 5.41) is 22.0. The average molecular weight is 509 g/mol. The Morgan fingerprint density at radius 3 is 2.45 bits per heavy atom. The monoisotopic (exact) mass is 508 g/mol. The van der Waals surface area contributed by atoms with Gasteiger partial charge in [0, 0.05) is 31.6 Å². The van der Waals surface area contributed by atoms with Gasteiger partial charge in [-0.3, -0.25) is 0 Å². The first-order valence-electron chi connectivity index (χ1n) is 10.6. The summed E-state index contributed by atoms with van der Waals surface area (Å²) in [6.07, 6.45) is 0. The van der Waals surface area contributed by atoms with Crippen LogP contribution in [-0.2, 0) is 10.0 Å². The fourth-order valence-corrected chi connectivity index (χ4v) is 6.97. The van der Waals surface area contributed by atoms with Gasteiger partial charge < -0.3 is 21.1 Å². The van der Waals surface area contributed by atoms with Gasteiger partial charge in [-0.25, -0.2) is 8.42 Å². The number of nitrogens with zero attached hydrogens (tertiary/aromatic N) is 3. The first-order valence-corrected chi connectivity index (χ1v) is 13.7. The third kappa shape index (κ3) is 5.14. The molecule has 4 N–H and O–H groups in total. The molecule has 0 radical (unpaired) electrons. The molecule has 0 bridgehead atoms. The molecule has 1 fully saturated rings. The van der Waals surface area contributed by atoms with Crippen LogP contribution in [0.15, 0.2) is 39.9 Å². The van der Waals surface area contributed by atoms with Gasteiger partial charge in [-0.05, 0) is 11.0 Å². The minimum absolute atomic E-state index is 0.0390. The number of sulfonamides is 1. The highest BCUT2D eigenvalue weighted by Gasteiger charge is 2.32. The Balaban J connectivity index is 1.57. The SMILES string of the molecule is CC(C)(C)[C@@H](Nc1nsnc1Nc1csc(S(=O)(=O)N2CCNCC2)c1O)c1ccccc1. The predicted molar refractivity (Wildman–Crippen MR) is 133 cm³/mol. The lowest BCUT2D eigenvalue weighted by atomic mass is 9.82. The van der Waals surface area contributed by atoms with Crippen LogP contribution in [0.4, 0.5) is 17.3 Å². The number of rotatable bonds is 7. The van der Waals surface area contributed by atoms with Crippen molar-refractivity contribution in [1.29, 1.82) is 0 Å². The van der Waals surface area contributed by atoms with Crippen LogP contribution >= 0.6 is 23.1 Å². The highest BCUT2D eigenvalue weighted by atomic mass is 32.2. The molecule has 9 nitrogen and oxygen atoms in total. The van der Waals surface area contributed by atoms with E-state index in [4.69, 9.17) is 0 Å². The van der Waals surface area contributed by atoms with E-state index < -0.39 is 10.0 Å². The van der Waals surface area contributed by atoms with Crippen molar-refractivity contribution in [2.24, 2.45) is 5.41 Å². The van der Waals surface area contributed by atoms with Crippen LogP contribution in [0.2, 0.25) is 0 Å². The number of aromatic hydroxyl groups is 1. The molecule has 0 saturated carbocycles. The maximum Gasteiger partial charge on any atom is 0.256 e. The fourth-order valence-electron chi connectivity index (χ4n) is 3.68. The van der Waals surface area contributed by atoms with Crippen LogP contribution in [0.1, 0.15) is 32.4 Å². The first-order chi connectivity index (χ1) is 15.7. The summed E-state index contributed by atoms with van der Waals surface area (Å²) >= 11 is 2.03. The van der Waals surface area contributed by atoms with Crippen LogP contribution in [0.3, 0.4) is 0 Å². The number of anilines is 3. The fraction of sp³-hybridized carbons (Fsp3) is 0.429. The zero-order valence-electron chi connectivity index (χ0n) is 18.7. The molecular formula is C21H28N6O3S3. The largest absolute Gasteiger partial charge is 0.504 e. The molecule has 0 spiro atoms. The van der Waals surface area contributed by atoms with Crippen LogP contribution in [0.5, 0.6) is 5.75 Å². The van der Waals surface area contributed by atoms with E-state index in [2.05, 4.69) is 57.6 Å². The molecule has 1 aromatic carbocycles. The maximum atomic E-state index is 13.0. The van der Waals surface area contributed by atoms with Gasteiger partial charge in [0.1, 0.15) is 0 Å². The second-order valence-electron chi connectivity index (χ2n) is 8.88. The molecule has 0 aliphatic carbocycles. The molecule has 1 aliphatic rings. The molecule has 2 aromatic heterocycles. The van der Waals surface area contributed by atoms with Gasteiger partial charge in [-0.2, -0.15) is 13.1 Å². The van der Waals surface area contributed by atoms with Crippen molar-refractivity contribution in [3.63, 3.8) is 0 Å². The Morgan fingerprint density at radius 2 is 1.79 bits per heavy atom. The highest BCUT2D eigenvalue weighted by Crippen LogP contribution is 2.42. The number of hydrogen-bond acceptors (Lipinski definition) is 10. The van der Waals surface area contributed by atoms with Gasteiger partial charge in [-0.15, -0.1) is 11.3 Å². The van der Waals surface area contributed by atoms with Crippen molar-refractivity contribution in [1.82, 2.24) is 18.4 Å². The van der Waals surface area contributed by atoms with E-state index in [0.29, 0.717) is 37.8 Å². The molecule has 3 heterocycles. The minimum Gasteiger partial charge on any atom is -0.504 e. The van der Waals surface area contributed by atoms with Crippen LogP contribution in [0.25, 0.3) is 0 Å². The third-order valence-corrected chi connectivity index (χ3v) is 9.32. The van der Waals surface area contributed by atoms with E-state index in [1.807, 2.05) is 18.2 Å². The minimum atomic E-state index is -3.76. The number of aromatic nitrogens is 2. The lowest BCUT2D eigenvalue weighted by Crippen LogP contribution is -2.46. The van der Waals surface area contributed by atoms with Gasteiger partial charge >= 0.3 is 0 Å². The van der Waals surface area contributed by atoms with Crippen molar-refractivity contribution in [2.75, 3.05) is 36.8 Å². The molecule has 3 aromatic rings. The van der Waals surface area contributed by atoms with Crippen molar-refractivity contribution in [3.05, 3.63) is 41.3 Å². The lowest BCUT2D eigenvalue weighted by Gasteiger charge is -2.32. The predicted octanol–water partition coefficient (Wildman–Crippen LogP) is 3.84. The van der Waals surface area contributed by atoms with Gasteiger partial charge in [0.15, 0.2) is 21.6 Å². The number of hydrogen-bond donors (Lipinski definition) is 4. The molecule has 12 heteroatoms. The molecule has 178 valence electrons. The maximum absolute atomic E-state index is 13.0. The van der Waals surface area contributed by atoms with Crippen molar-refractivity contribution in [3.8, 4) is 5.75 Å². The second kappa shape index (κ2) is 9.55. The molecular weight excluding hydrogens is 480 g/mol. The van der Waals surface area contributed by atoms with Crippen molar-refractivity contribution >= 4 is 50.4 Å². The summed E-state index contributed by atoms with van der Waals surface area (Å²) < 4.78 is 36.0. The summed E-state index contributed by atoms with van der Waals surface area (Å²) in [7, 11) is -3.76. The van der Waals surface area contributed by atoms with E-state index in [1.54, 1.807) is 5.38 Å². The van der Waals surface area contributed by atoms with Crippen molar-refractivity contribution in [2.45, 2.75) is 31.0 Å². The van der Waals surface area contributed by atoms with Gasteiger partial charge in [0.05, 0.1) is 23.5 Å². The Labute approximate surface area is 202 Å². The highest BCUT2D eigenvalue weighted by molar-refractivity contribution is 7.91. The summed E-state index contributed by atoms with van der Waals surface area (Å²) in [5.74, 6) is 0.679. The van der Waals surface area contributed by atoms with Crippen LogP contribution < -0.4 is 16.0 Å². The summed E-state index contributed by atoms with van der Waals surface area (Å²) in [4.78, 5) is 0. The Bertz CT molecular complexity index is 1180. The standard InChI is InChI=1S/C21H28N6O3S3/c1-21(2,3)17(14-7-5-4-6-8-14)24-19-18(25-32-26-19)23-15-13-31-20(16(15)28)33(29,30)27-11-9-22-10-12-27/h4-8,13,17,22,28H,9-12H2,1-3H3,(H,23,25)(H,24,26)/t17-/m0/s1. The van der Waals surface area contributed by atoms with Gasteiger partial charge in [-0.1, -0.05) is 51.1 Å². The smallest absolute Gasteiger partial charge is 0.256 e. The zero-order valence-corrected chi connectivity index (χ0v) is 21.1. The molecule has 1 aliphatic heterocycles. The summed E-state index contributed by atoms with van der Waals surface area (Å²) in [6.45, 7) is 8.35. The van der Waals surface area contributed by atoms with E-state index in [0.717, 1.165) is 28.6 Å². The van der Waals surface area contributed by atoms with E-state index >= 15 is 0 Å². The average Bonchev–Trinajstić information content (AvgIpc) is 3.39. The molecule has 0 unspecified atom stereocenters. The van der Waals surface area contributed by atoms with Gasteiger partial charge in [0.25, 0.3) is 10.0 Å². The molecule has 1 atom stereocenters. The number of nitrogens with one attached hydrogen (secondary N) is 3. The van der Waals surface area contributed by atoms with E-state index in [1.165, 1.54) is 4.31 Å².